The van der Waals surface area contributed by atoms with Crippen LogP contribution in [0.1, 0.15) is 55.4 Å². The number of aliphatic hydroxyl groups is 1. The van der Waals surface area contributed by atoms with Crippen LogP contribution in [0.15, 0.2) is 78.0 Å². The predicted octanol–water partition coefficient (Wildman–Crippen LogP) is 4.55. The van der Waals surface area contributed by atoms with Crippen LogP contribution in [0.4, 0.5) is 0 Å². The Labute approximate surface area is 212 Å². The van der Waals surface area contributed by atoms with Crippen LogP contribution in [-0.4, -0.2) is 40.5 Å². The van der Waals surface area contributed by atoms with Gasteiger partial charge in [0.15, 0.2) is 11.6 Å². The molecule has 0 saturated heterocycles. The molecule has 1 unspecified atom stereocenters. The van der Waals surface area contributed by atoms with Gasteiger partial charge in [-0.25, -0.2) is 18.2 Å². The lowest BCUT2D eigenvalue weighted by Crippen LogP contribution is -2.30. The highest BCUT2D eigenvalue weighted by Gasteiger charge is 2.26. The van der Waals surface area contributed by atoms with Crippen molar-refractivity contribution in [1.82, 2.24) is 9.29 Å². The molecule has 1 aromatic heterocycles. The molecule has 192 valence electrons. The second kappa shape index (κ2) is 13.2. The zero-order valence-electron chi connectivity index (χ0n) is 20.3. The summed E-state index contributed by atoms with van der Waals surface area (Å²) in [7, 11) is -3.91. The van der Waals surface area contributed by atoms with Gasteiger partial charge in [-0.1, -0.05) is 68.7 Å². The largest absolute Gasteiger partial charge is 0.482 e. The standard InChI is InChI=1S/C27H32N2O6S/c1-2-3-4-7-25(30)23-13-9-21(10-14-23)18-29(36(33,34)26-8-5-6-17-28-26)19-22-11-15-24(16-12-22)35-20-27(31)32/h5-6,8-17,25,30H,2-4,7,18-20H2,1H3,(H,31,32). The van der Waals surface area contributed by atoms with Gasteiger partial charge in [-0.15, -0.1) is 0 Å². The Morgan fingerprint density at radius 3 is 2.17 bits per heavy atom. The van der Waals surface area contributed by atoms with Crippen molar-refractivity contribution in [2.75, 3.05) is 6.61 Å². The van der Waals surface area contributed by atoms with Crippen molar-refractivity contribution in [2.24, 2.45) is 0 Å². The first-order valence-electron chi connectivity index (χ1n) is 11.9. The van der Waals surface area contributed by atoms with Gasteiger partial charge in [0.05, 0.1) is 6.10 Å². The van der Waals surface area contributed by atoms with Crippen molar-refractivity contribution in [1.29, 1.82) is 0 Å². The molecule has 9 heteroatoms. The molecule has 2 N–H and O–H groups in total. The summed E-state index contributed by atoms with van der Waals surface area (Å²) in [4.78, 5) is 14.7. The molecule has 1 heterocycles. The molecule has 0 radical (unpaired) electrons. The number of sulfonamides is 1. The van der Waals surface area contributed by atoms with Gasteiger partial charge in [0.2, 0.25) is 0 Å². The summed E-state index contributed by atoms with van der Waals surface area (Å²) in [6, 6.07) is 18.7. The molecule has 0 spiro atoms. The van der Waals surface area contributed by atoms with E-state index in [9.17, 15) is 18.3 Å². The van der Waals surface area contributed by atoms with Gasteiger partial charge in [-0.05, 0) is 47.4 Å². The lowest BCUT2D eigenvalue weighted by atomic mass is 10.0. The summed E-state index contributed by atoms with van der Waals surface area (Å²) in [6.45, 7) is 1.86. The minimum absolute atomic E-state index is 0.0469. The first kappa shape index (κ1) is 27.3. The van der Waals surface area contributed by atoms with E-state index in [2.05, 4.69) is 11.9 Å². The normalized spacial score (nSPS) is 12.4. The van der Waals surface area contributed by atoms with Gasteiger partial charge in [0, 0.05) is 19.3 Å². The maximum Gasteiger partial charge on any atom is 0.341 e. The van der Waals surface area contributed by atoms with Crippen LogP contribution in [0.3, 0.4) is 0 Å². The van der Waals surface area contributed by atoms with Gasteiger partial charge in [0.25, 0.3) is 10.0 Å². The lowest BCUT2D eigenvalue weighted by molar-refractivity contribution is -0.139. The molecular formula is C27H32N2O6S. The van der Waals surface area contributed by atoms with Gasteiger partial charge in [0.1, 0.15) is 5.75 Å². The Kier molecular flexibility index (Phi) is 9.98. The minimum atomic E-state index is -3.91. The molecule has 0 aliphatic carbocycles. The minimum Gasteiger partial charge on any atom is -0.482 e. The monoisotopic (exact) mass is 512 g/mol. The van der Waals surface area contributed by atoms with Gasteiger partial charge < -0.3 is 14.9 Å². The van der Waals surface area contributed by atoms with Crippen molar-refractivity contribution in [3.8, 4) is 5.75 Å². The maximum absolute atomic E-state index is 13.4. The SMILES string of the molecule is CCCCCC(O)c1ccc(CN(Cc2ccc(OCC(=O)O)cc2)S(=O)(=O)c2ccccn2)cc1. The van der Waals surface area contributed by atoms with Gasteiger partial charge >= 0.3 is 5.97 Å². The summed E-state index contributed by atoms with van der Waals surface area (Å²) >= 11 is 0. The van der Waals surface area contributed by atoms with E-state index < -0.39 is 28.7 Å². The Morgan fingerprint density at radius 1 is 0.972 bits per heavy atom. The molecule has 3 aromatic rings. The van der Waals surface area contributed by atoms with E-state index in [4.69, 9.17) is 9.84 Å². The highest BCUT2D eigenvalue weighted by Crippen LogP contribution is 2.24. The molecular weight excluding hydrogens is 480 g/mol. The smallest absolute Gasteiger partial charge is 0.341 e. The highest BCUT2D eigenvalue weighted by atomic mass is 32.2. The van der Waals surface area contributed by atoms with Crippen molar-refractivity contribution in [3.63, 3.8) is 0 Å². The number of nitrogens with zero attached hydrogens (tertiary/aromatic N) is 2. The Bertz CT molecular complexity index is 1200. The number of ether oxygens (including phenoxy) is 1. The number of hydrogen-bond acceptors (Lipinski definition) is 6. The topological polar surface area (TPSA) is 117 Å². The molecule has 3 rings (SSSR count). The number of hydrogen-bond donors (Lipinski definition) is 2. The average molecular weight is 513 g/mol. The van der Waals surface area contributed by atoms with Gasteiger partial charge in [-0.2, -0.15) is 4.31 Å². The molecule has 0 aliphatic heterocycles. The number of carbonyl (C=O) groups is 1. The van der Waals surface area contributed by atoms with Crippen LogP contribution in [0, 0.1) is 0 Å². The molecule has 0 aliphatic rings. The third kappa shape index (κ3) is 7.87. The molecule has 0 fully saturated rings. The molecule has 0 amide bonds. The van der Waals surface area contributed by atoms with Crippen LogP contribution in [-0.2, 0) is 27.9 Å². The number of carboxylic acid groups (broad SMARTS) is 1. The first-order chi connectivity index (χ1) is 17.3. The van der Waals surface area contributed by atoms with Crippen molar-refractivity contribution in [3.05, 3.63) is 89.6 Å². The third-order valence-corrected chi connectivity index (χ3v) is 7.40. The maximum atomic E-state index is 13.4. The van der Waals surface area contributed by atoms with E-state index in [-0.39, 0.29) is 18.1 Å². The average Bonchev–Trinajstić information content (AvgIpc) is 2.89. The number of aromatic nitrogens is 1. The fourth-order valence-electron chi connectivity index (χ4n) is 3.70. The second-order valence-corrected chi connectivity index (χ2v) is 10.4. The van der Waals surface area contributed by atoms with E-state index in [1.54, 1.807) is 36.4 Å². The highest BCUT2D eigenvalue weighted by molar-refractivity contribution is 7.89. The van der Waals surface area contributed by atoms with E-state index >= 15 is 0 Å². The summed E-state index contributed by atoms with van der Waals surface area (Å²) in [6.07, 6.45) is 4.71. The van der Waals surface area contributed by atoms with Crippen molar-refractivity contribution in [2.45, 2.75) is 56.8 Å². The first-order valence-corrected chi connectivity index (χ1v) is 13.3. The third-order valence-electron chi connectivity index (χ3n) is 5.69. The zero-order chi connectivity index (χ0) is 26.0. The number of benzene rings is 2. The summed E-state index contributed by atoms with van der Waals surface area (Å²) in [5.41, 5.74) is 2.30. The number of aliphatic carboxylic acids is 1. The molecule has 8 nitrogen and oxygen atoms in total. The lowest BCUT2D eigenvalue weighted by Gasteiger charge is -2.22. The summed E-state index contributed by atoms with van der Waals surface area (Å²) in [5, 5.41) is 19.1. The van der Waals surface area contributed by atoms with E-state index in [0.29, 0.717) is 17.7 Å². The zero-order valence-corrected chi connectivity index (χ0v) is 21.1. The quantitative estimate of drug-likeness (QED) is 0.304. The Balaban J connectivity index is 1.79. The van der Waals surface area contributed by atoms with Crippen LogP contribution < -0.4 is 4.74 Å². The van der Waals surface area contributed by atoms with Crippen molar-refractivity contribution >= 4 is 16.0 Å². The fraction of sp³-hybridized carbons (Fsp3) is 0.333. The van der Waals surface area contributed by atoms with Gasteiger partial charge in [-0.3, -0.25) is 0 Å². The Morgan fingerprint density at radius 2 is 1.61 bits per heavy atom. The van der Waals surface area contributed by atoms with Crippen LogP contribution >= 0.6 is 0 Å². The fourth-order valence-corrected chi connectivity index (χ4v) is 5.05. The second-order valence-electron chi connectivity index (χ2n) is 8.52. The number of carboxylic acids is 1. The number of pyridine rings is 1. The van der Waals surface area contributed by atoms with E-state index in [1.807, 2.05) is 24.3 Å². The summed E-state index contributed by atoms with van der Waals surface area (Å²) in [5.74, 6) is -0.695. The van der Waals surface area contributed by atoms with E-state index in [0.717, 1.165) is 30.4 Å². The molecule has 1 atom stereocenters. The number of rotatable bonds is 14. The molecule has 36 heavy (non-hydrogen) atoms. The van der Waals surface area contributed by atoms with Crippen LogP contribution in [0.2, 0.25) is 0 Å². The van der Waals surface area contributed by atoms with Crippen LogP contribution in [0.5, 0.6) is 5.75 Å². The number of aliphatic hydroxyl groups excluding tert-OH is 1. The summed E-state index contributed by atoms with van der Waals surface area (Å²) < 4.78 is 33.4. The molecule has 0 saturated carbocycles. The predicted molar refractivity (Wildman–Crippen MR) is 136 cm³/mol. The van der Waals surface area contributed by atoms with Crippen molar-refractivity contribution < 1.29 is 28.2 Å². The Hall–Kier alpha value is -3.27. The van der Waals surface area contributed by atoms with E-state index in [1.165, 1.54) is 16.6 Å². The number of unbranched alkanes of at least 4 members (excludes halogenated alkanes) is 2. The molecule has 0 bridgehead atoms. The van der Waals surface area contributed by atoms with Crippen LogP contribution in [0.25, 0.3) is 0 Å². The molecule has 2 aromatic carbocycles.